The van der Waals surface area contributed by atoms with Gasteiger partial charge in [-0.25, -0.2) is 9.13 Å². The summed E-state index contributed by atoms with van der Waals surface area (Å²) in [6, 6.07) is 0. The number of aliphatic hydroxyl groups is 2. The van der Waals surface area contributed by atoms with E-state index >= 15 is 0 Å². The van der Waals surface area contributed by atoms with Gasteiger partial charge in [0.05, 0.1) is 26.4 Å². The second-order valence-corrected chi connectivity index (χ2v) is 29.7. The van der Waals surface area contributed by atoms with Gasteiger partial charge in [0.15, 0.2) is 6.10 Å². The molecule has 0 fully saturated rings. The van der Waals surface area contributed by atoms with E-state index in [1.807, 2.05) is 0 Å². The summed E-state index contributed by atoms with van der Waals surface area (Å²) in [5.74, 6) is -1.59. The number of rotatable bonds is 76. The first-order chi connectivity index (χ1) is 50.2. The molecule has 0 rings (SSSR count). The molecular weight excluding hydrogens is 1340 g/mol. The van der Waals surface area contributed by atoms with Gasteiger partial charge in [-0.3, -0.25) is 32.5 Å². The van der Waals surface area contributed by atoms with E-state index in [0.29, 0.717) is 19.3 Å². The lowest BCUT2D eigenvalue weighted by atomic mass is 10.0. The van der Waals surface area contributed by atoms with Crippen LogP contribution in [-0.4, -0.2) is 95.9 Å². The maximum atomic E-state index is 12.9. The molecule has 0 aliphatic rings. The van der Waals surface area contributed by atoms with E-state index in [0.717, 1.165) is 161 Å². The number of carbonyl (C=O) groups excluding carboxylic acids is 3. The van der Waals surface area contributed by atoms with Gasteiger partial charge >= 0.3 is 33.6 Å². The van der Waals surface area contributed by atoms with Crippen molar-refractivity contribution in [2.75, 3.05) is 39.6 Å². The van der Waals surface area contributed by atoms with Crippen molar-refractivity contribution in [1.29, 1.82) is 0 Å². The van der Waals surface area contributed by atoms with Crippen molar-refractivity contribution in [2.24, 2.45) is 0 Å². The zero-order valence-electron chi connectivity index (χ0n) is 64.7. The van der Waals surface area contributed by atoms with Crippen LogP contribution in [0.2, 0.25) is 0 Å². The number of esters is 3. The van der Waals surface area contributed by atoms with E-state index in [4.69, 9.17) is 32.3 Å². The maximum Gasteiger partial charge on any atom is 0.472 e. The van der Waals surface area contributed by atoms with Crippen molar-refractivity contribution in [2.45, 2.75) is 347 Å². The van der Waals surface area contributed by atoms with Gasteiger partial charge in [0.25, 0.3) is 0 Å². The minimum absolute atomic E-state index is 0.0922. The van der Waals surface area contributed by atoms with Crippen LogP contribution in [0.25, 0.3) is 0 Å². The van der Waals surface area contributed by atoms with E-state index in [1.165, 1.54) is 109 Å². The fourth-order valence-corrected chi connectivity index (χ4v) is 12.3. The Balaban J connectivity index is 4.43. The Kier molecular flexibility index (Phi) is 74.1. The third-order valence-electron chi connectivity index (χ3n) is 16.8. The molecule has 0 aliphatic heterocycles. The lowest BCUT2D eigenvalue weighted by Gasteiger charge is -2.21. The molecule has 0 bridgehead atoms. The number of allylic oxidation sites excluding steroid dienone is 22. The van der Waals surface area contributed by atoms with Crippen molar-refractivity contribution < 1.29 is 75.8 Å². The summed E-state index contributed by atoms with van der Waals surface area (Å²) in [5.41, 5.74) is 0. The van der Waals surface area contributed by atoms with Crippen molar-refractivity contribution in [3.63, 3.8) is 0 Å². The Labute approximate surface area is 626 Å². The number of phosphoric acid groups is 2. The molecule has 0 heterocycles. The van der Waals surface area contributed by atoms with E-state index < -0.39 is 91.5 Å². The minimum Gasteiger partial charge on any atom is -0.463 e. The van der Waals surface area contributed by atoms with Gasteiger partial charge < -0.3 is 34.2 Å². The van der Waals surface area contributed by atoms with Crippen LogP contribution in [0.15, 0.2) is 134 Å². The highest BCUT2D eigenvalue weighted by molar-refractivity contribution is 7.47. The predicted octanol–water partition coefficient (Wildman–Crippen LogP) is 23.9. The van der Waals surface area contributed by atoms with Crippen LogP contribution >= 0.6 is 15.6 Å². The average molecular weight is 1490 g/mol. The number of hydrogen-bond donors (Lipinski definition) is 4. The Hall–Kier alpha value is -4.31. The molecule has 0 saturated heterocycles. The first-order valence-corrected chi connectivity index (χ1v) is 43.5. The van der Waals surface area contributed by atoms with Crippen molar-refractivity contribution in [1.82, 2.24) is 0 Å². The first kappa shape index (κ1) is 98.7. The highest BCUT2D eigenvalue weighted by Gasteiger charge is 2.29. The highest BCUT2D eigenvalue weighted by Crippen LogP contribution is 2.45. The number of aliphatic hydroxyl groups excluding tert-OH is 2. The topological polar surface area (TPSA) is 231 Å². The zero-order valence-corrected chi connectivity index (χ0v) is 66.5. The molecule has 5 atom stereocenters. The lowest BCUT2D eigenvalue weighted by Crippen LogP contribution is -2.30. The number of ether oxygens (including phenoxy) is 3. The van der Waals surface area contributed by atoms with E-state index in [2.05, 4.69) is 154 Å². The molecule has 0 aliphatic carbocycles. The van der Waals surface area contributed by atoms with Gasteiger partial charge in [0, 0.05) is 19.3 Å². The van der Waals surface area contributed by atoms with Crippen LogP contribution in [0.1, 0.15) is 329 Å². The minimum atomic E-state index is -4.93. The molecule has 18 heteroatoms. The Morgan fingerprint density at radius 3 is 0.825 bits per heavy atom. The maximum absolute atomic E-state index is 12.9. The summed E-state index contributed by atoms with van der Waals surface area (Å²) in [6.45, 7) is 2.42. The standard InChI is InChI=1S/C85H146O16P2/c1-4-7-10-13-16-19-22-24-26-28-30-32-34-36-38-39-41-43-44-46-48-50-52-54-57-59-62-65-68-71-83(88)95-74-80(86)75-97-102(91,92)98-76-81(87)77-99-103(93,94)100-79-82(101-85(90)73-70-67-64-61-56-21-18-15-12-9-6-3)78-96-84(89)72-69-66-63-60-58-55-53-51-49-47-45-42-40-37-35-33-31-29-27-25-23-20-17-14-11-8-5-2/h7-8,10-11,15-20,24-27,30-33,36-38,40,80-82,86-87H,4-6,9,12-14,21-23,28-29,34-35,39,41-79H2,1-3H3,(H,91,92)(H,93,94)/b10-7-,11-8-,18-15-,19-16-,20-17-,26-24-,27-25-,32-30-,33-31-,38-36-,40-37-. The Morgan fingerprint density at radius 1 is 0.282 bits per heavy atom. The number of hydrogen-bond acceptors (Lipinski definition) is 14. The summed E-state index contributed by atoms with van der Waals surface area (Å²) >= 11 is 0. The van der Waals surface area contributed by atoms with E-state index in [1.54, 1.807) is 0 Å². The fourth-order valence-electron chi connectivity index (χ4n) is 10.7. The Morgan fingerprint density at radius 2 is 0.515 bits per heavy atom. The molecule has 0 amide bonds. The van der Waals surface area contributed by atoms with Gasteiger partial charge in [-0.2, -0.15) is 0 Å². The van der Waals surface area contributed by atoms with Crippen LogP contribution in [0.3, 0.4) is 0 Å². The summed E-state index contributed by atoms with van der Waals surface area (Å²) in [5, 5.41) is 20.6. The van der Waals surface area contributed by atoms with Crippen molar-refractivity contribution in [3.05, 3.63) is 134 Å². The molecule has 5 unspecified atom stereocenters. The molecule has 0 aromatic heterocycles. The van der Waals surface area contributed by atoms with Crippen LogP contribution in [-0.2, 0) is 55.8 Å². The molecule has 0 spiro atoms. The van der Waals surface area contributed by atoms with Crippen LogP contribution in [0, 0.1) is 0 Å². The van der Waals surface area contributed by atoms with Gasteiger partial charge in [0.2, 0.25) is 0 Å². The fraction of sp³-hybridized carbons (Fsp3) is 0.706. The summed E-state index contributed by atoms with van der Waals surface area (Å²) in [7, 11) is -9.79. The third-order valence-corrected chi connectivity index (χ3v) is 18.7. The summed E-state index contributed by atoms with van der Waals surface area (Å²) < 4.78 is 61.1. The quantitative estimate of drug-likeness (QED) is 0.0146. The largest absolute Gasteiger partial charge is 0.472 e. The van der Waals surface area contributed by atoms with Crippen LogP contribution < -0.4 is 0 Å². The molecule has 0 saturated carbocycles. The SMILES string of the molecule is CC/C=C\C/C=C\C/C=C\C/C=C\C/C=C\CCCCCCCCCCCCCCCC(=O)OCC(O)COP(=O)(O)OCC(O)COP(=O)(O)OCC(COC(=O)CCCCCCCCCCCCC/C=C\C/C=C\C/C=C\C/C=C\C/C=C\CC)OC(=O)CCCCCCC/C=C\CCCC. The summed E-state index contributed by atoms with van der Waals surface area (Å²) in [4.78, 5) is 58.6. The Bertz CT molecular complexity index is 2410. The van der Waals surface area contributed by atoms with E-state index in [9.17, 15) is 43.5 Å². The molecule has 0 aromatic carbocycles. The molecular formula is C85H146O16P2. The zero-order chi connectivity index (χ0) is 75.2. The number of phosphoric ester groups is 2. The normalized spacial score (nSPS) is 14.7. The first-order valence-electron chi connectivity index (χ1n) is 40.5. The smallest absolute Gasteiger partial charge is 0.463 e. The van der Waals surface area contributed by atoms with Crippen molar-refractivity contribution >= 4 is 33.6 Å². The second-order valence-electron chi connectivity index (χ2n) is 26.8. The highest BCUT2D eigenvalue weighted by atomic mass is 31.2. The molecule has 0 radical (unpaired) electrons. The molecule has 103 heavy (non-hydrogen) atoms. The third kappa shape index (κ3) is 78.6. The molecule has 592 valence electrons. The van der Waals surface area contributed by atoms with Gasteiger partial charge in [0.1, 0.15) is 25.4 Å². The van der Waals surface area contributed by atoms with Crippen LogP contribution in [0.4, 0.5) is 0 Å². The van der Waals surface area contributed by atoms with E-state index in [-0.39, 0.29) is 19.3 Å². The van der Waals surface area contributed by atoms with Gasteiger partial charge in [-0.15, -0.1) is 0 Å². The van der Waals surface area contributed by atoms with Gasteiger partial charge in [-0.1, -0.05) is 315 Å². The monoisotopic (exact) mass is 1490 g/mol. The van der Waals surface area contributed by atoms with Crippen molar-refractivity contribution in [3.8, 4) is 0 Å². The van der Waals surface area contributed by atoms with Gasteiger partial charge in [-0.05, 0) is 128 Å². The molecule has 0 aromatic rings. The lowest BCUT2D eigenvalue weighted by molar-refractivity contribution is -0.161. The summed E-state index contributed by atoms with van der Waals surface area (Å²) in [6.07, 6.45) is 93.7. The van der Waals surface area contributed by atoms with Crippen LogP contribution in [0.5, 0.6) is 0 Å². The molecule has 4 N–H and O–H groups in total. The molecule has 16 nitrogen and oxygen atoms in total. The number of unbranched alkanes of at least 4 members (excludes halogenated alkanes) is 31. The number of carbonyl (C=O) groups is 3. The second kappa shape index (κ2) is 77.3. The average Bonchev–Trinajstić information content (AvgIpc) is 0.915. The predicted molar refractivity (Wildman–Crippen MR) is 426 cm³/mol.